The summed E-state index contributed by atoms with van der Waals surface area (Å²) in [5.41, 5.74) is 9.91. The summed E-state index contributed by atoms with van der Waals surface area (Å²) >= 11 is 1.76. The monoisotopic (exact) mass is 283 g/mol. The molecular weight excluding hydrogens is 270 g/mol. The van der Waals surface area contributed by atoms with E-state index in [0.29, 0.717) is 5.82 Å². The Morgan fingerprint density at radius 2 is 2.15 bits per heavy atom. The van der Waals surface area contributed by atoms with Crippen molar-refractivity contribution in [1.29, 1.82) is 0 Å². The SMILES string of the molecule is Cc1cc(-c2nc3c4ccoc4ccn3c2N)c(C)s1. The lowest BCUT2D eigenvalue weighted by atomic mass is 10.2. The number of aromatic nitrogens is 2. The van der Waals surface area contributed by atoms with Gasteiger partial charge in [0.25, 0.3) is 0 Å². The maximum Gasteiger partial charge on any atom is 0.150 e. The van der Waals surface area contributed by atoms with Gasteiger partial charge in [0.15, 0.2) is 0 Å². The fraction of sp³-hybridized carbons (Fsp3) is 0.133. The van der Waals surface area contributed by atoms with Gasteiger partial charge in [0.1, 0.15) is 22.7 Å². The minimum Gasteiger partial charge on any atom is -0.464 e. The zero-order valence-electron chi connectivity index (χ0n) is 11.2. The largest absolute Gasteiger partial charge is 0.464 e. The van der Waals surface area contributed by atoms with Crippen LogP contribution in [-0.4, -0.2) is 9.38 Å². The lowest BCUT2D eigenvalue weighted by Gasteiger charge is -1.98. The fourth-order valence-electron chi connectivity index (χ4n) is 2.63. The van der Waals surface area contributed by atoms with Crippen LogP contribution in [0.2, 0.25) is 0 Å². The summed E-state index contributed by atoms with van der Waals surface area (Å²) in [5, 5.41) is 0.982. The third-order valence-electron chi connectivity index (χ3n) is 3.56. The number of furan rings is 1. The first-order valence-corrected chi connectivity index (χ1v) is 7.18. The van der Waals surface area contributed by atoms with E-state index < -0.39 is 0 Å². The molecule has 2 N–H and O–H groups in total. The summed E-state index contributed by atoms with van der Waals surface area (Å²) in [7, 11) is 0. The van der Waals surface area contributed by atoms with Crippen molar-refractivity contribution in [3.63, 3.8) is 0 Å². The van der Waals surface area contributed by atoms with Gasteiger partial charge in [0.2, 0.25) is 0 Å². The molecule has 0 aromatic carbocycles. The average molecular weight is 283 g/mol. The van der Waals surface area contributed by atoms with Crippen molar-refractivity contribution in [2.45, 2.75) is 13.8 Å². The van der Waals surface area contributed by atoms with E-state index in [1.165, 1.54) is 9.75 Å². The number of rotatable bonds is 1. The van der Waals surface area contributed by atoms with E-state index in [1.54, 1.807) is 17.6 Å². The number of hydrogen-bond acceptors (Lipinski definition) is 4. The first kappa shape index (κ1) is 11.5. The molecule has 0 atom stereocenters. The normalized spacial score (nSPS) is 11.7. The lowest BCUT2D eigenvalue weighted by Crippen LogP contribution is -1.93. The van der Waals surface area contributed by atoms with Gasteiger partial charge in [-0.15, -0.1) is 11.3 Å². The van der Waals surface area contributed by atoms with Crippen molar-refractivity contribution in [3.05, 3.63) is 40.4 Å². The molecule has 4 rings (SSSR count). The van der Waals surface area contributed by atoms with Crippen LogP contribution in [0.5, 0.6) is 0 Å². The molecule has 0 aliphatic carbocycles. The quantitative estimate of drug-likeness (QED) is 0.574. The Bertz CT molecular complexity index is 945. The summed E-state index contributed by atoms with van der Waals surface area (Å²) < 4.78 is 7.33. The Balaban J connectivity index is 2.10. The van der Waals surface area contributed by atoms with E-state index in [2.05, 4.69) is 19.9 Å². The van der Waals surface area contributed by atoms with Crippen LogP contribution in [0.25, 0.3) is 27.9 Å². The van der Waals surface area contributed by atoms with E-state index in [9.17, 15) is 0 Å². The molecule has 0 bridgehead atoms. The third-order valence-corrected chi connectivity index (χ3v) is 4.52. The van der Waals surface area contributed by atoms with Crippen LogP contribution in [0, 0.1) is 13.8 Å². The molecule has 0 aliphatic heterocycles. The lowest BCUT2D eigenvalue weighted by molar-refractivity contribution is 0.615. The number of nitrogens with zero attached hydrogens (tertiary/aromatic N) is 2. The van der Waals surface area contributed by atoms with Gasteiger partial charge in [-0.05, 0) is 32.0 Å². The molecule has 0 amide bonds. The van der Waals surface area contributed by atoms with Crippen molar-refractivity contribution in [2.75, 3.05) is 5.73 Å². The number of fused-ring (bicyclic) bond motifs is 3. The van der Waals surface area contributed by atoms with E-state index in [4.69, 9.17) is 15.1 Å². The Morgan fingerprint density at radius 1 is 1.30 bits per heavy atom. The summed E-state index contributed by atoms with van der Waals surface area (Å²) in [5.74, 6) is 0.670. The van der Waals surface area contributed by atoms with Gasteiger partial charge >= 0.3 is 0 Å². The Morgan fingerprint density at radius 3 is 2.90 bits per heavy atom. The number of nitrogens with two attached hydrogens (primary N) is 1. The van der Waals surface area contributed by atoms with Crippen molar-refractivity contribution < 1.29 is 4.42 Å². The van der Waals surface area contributed by atoms with Crippen LogP contribution < -0.4 is 5.73 Å². The van der Waals surface area contributed by atoms with E-state index in [-0.39, 0.29) is 0 Å². The predicted molar refractivity (Wildman–Crippen MR) is 82.2 cm³/mol. The summed E-state index contributed by atoms with van der Waals surface area (Å²) in [4.78, 5) is 7.24. The first-order valence-electron chi connectivity index (χ1n) is 6.36. The summed E-state index contributed by atoms with van der Waals surface area (Å²) in [6, 6.07) is 5.98. The second-order valence-electron chi connectivity index (χ2n) is 4.88. The van der Waals surface area contributed by atoms with E-state index >= 15 is 0 Å². The highest BCUT2D eigenvalue weighted by Gasteiger charge is 2.17. The molecule has 0 saturated heterocycles. The van der Waals surface area contributed by atoms with Crippen LogP contribution in [0.15, 0.2) is 35.1 Å². The van der Waals surface area contributed by atoms with Crippen LogP contribution >= 0.6 is 11.3 Å². The molecule has 0 aliphatic rings. The number of aryl methyl sites for hydroxylation is 2. The van der Waals surface area contributed by atoms with Gasteiger partial charge in [-0.25, -0.2) is 4.98 Å². The highest BCUT2D eigenvalue weighted by atomic mass is 32.1. The summed E-state index contributed by atoms with van der Waals surface area (Å²) in [6.45, 7) is 4.20. The molecule has 0 fully saturated rings. The molecule has 0 unspecified atom stereocenters. The number of hydrogen-bond donors (Lipinski definition) is 1. The van der Waals surface area contributed by atoms with Crippen LogP contribution in [-0.2, 0) is 0 Å². The topological polar surface area (TPSA) is 56.5 Å². The van der Waals surface area contributed by atoms with Gasteiger partial charge in [-0.2, -0.15) is 0 Å². The van der Waals surface area contributed by atoms with E-state index in [1.807, 2.05) is 22.7 Å². The Hall–Kier alpha value is -2.27. The minimum absolute atomic E-state index is 0.670. The average Bonchev–Trinajstić information content (AvgIpc) is 3.07. The zero-order chi connectivity index (χ0) is 13.9. The van der Waals surface area contributed by atoms with Crippen molar-refractivity contribution in [3.8, 4) is 11.3 Å². The standard InChI is InChI=1S/C15H13N3OS/c1-8-7-11(9(2)20-8)13-14(16)18-5-3-12-10(4-6-19-12)15(18)17-13/h3-7H,16H2,1-2H3. The predicted octanol–water partition coefficient (Wildman–Crippen LogP) is 4.01. The smallest absolute Gasteiger partial charge is 0.150 e. The fourth-order valence-corrected chi connectivity index (χ4v) is 3.55. The maximum absolute atomic E-state index is 6.28. The second kappa shape index (κ2) is 3.86. The number of pyridine rings is 1. The summed E-state index contributed by atoms with van der Waals surface area (Å²) in [6.07, 6.45) is 3.58. The molecule has 100 valence electrons. The van der Waals surface area contributed by atoms with Crippen LogP contribution in [0.1, 0.15) is 9.75 Å². The van der Waals surface area contributed by atoms with Crippen LogP contribution in [0.3, 0.4) is 0 Å². The molecule has 4 aromatic heterocycles. The van der Waals surface area contributed by atoms with Gasteiger partial charge in [-0.1, -0.05) is 0 Å². The molecule has 4 nitrogen and oxygen atoms in total. The highest BCUT2D eigenvalue weighted by molar-refractivity contribution is 7.12. The molecule has 0 radical (unpaired) electrons. The minimum atomic E-state index is 0.670. The first-order chi connectivity index (χ1) is 9.65. The molecule has 20 heavy (non-hydrogen) atoms. The molecular formula is C15H13N3OS. The zero-order valence-corrected chi connectivity index (χ0v) is 12.0. The molecule has 4 heterocycles. The molecule has 5 heteroatoms. The van der Waals surface area contributed by atoms with Crippen molar-refractivity contribution in [2.24, 2.45) is 0 Å². The van der Waals surface area contributed by atoms with Gasteiger partial charge in [0, 0.05) is 21.5 Å². The van der Waals surface area contributed by atoms with E-state index in [0.717, 1.165) is 27.9 Å². The maximum atomic E-state index is 6.28. The number of thiophene rings is 1. The van der Waals surface area contributed by atoms with Crippen LogP contribution in [0.4, 0.5) is 5.82 Å². The highest BCUT2D eigenvalue weighted by Crippen LogP contribution is 2.35. The Kier molecular flexibility index (Phi) is 2.23. The number of anilines is 1. The molecule has 0 spiro atoms. The second-order valence-corrected chi connectivity index (χ2v) is 6.34. The molecule has 4 aromatic rings. The van der Waals surface area contributed by atoms with Gasteiger partial charge in [-0.3, -0.25) is 4.40 Å². The molecule has 0 saturated carbocycles. The Labute approximate surface area is 119 Å². The van der Waals surface area contributed by atoms with Crippen molar-refractivity contribution >= 4 is 33.8 Å². The van der Waals surface area contributed by atoms with Gasteiger partial charge in [0.05, 0.1) is 11.6 Å². The number of nitrogen functional groups attached to an aromatic ring is 1. The van der Waals surface area contributed by atoms with Crippen molar-refractivity contribution in [1.82, 2.24) is 9.38 Å². The number of imidazole rings is 1. The third kappa shape index (κ3) is 1.44. The van der Waals surface area contributed by atoms with Gasteiger partial charge < -0.3 is 10.2 Å².